The maximum atomic E-state index is 12.4. The molecule has 1 aliphatic rings. The van der Waals surface area contributed by atoms with E-state index >= 15 is 0 Å². The second-order valence-corrected chi connectivity index (χ2v) is 8.87. The molecule has 0 spiro atoms. The first-order valence-corrected chi connectivity index (χ1v) is 11.9. The van der Waals surface area contributed by atoms with Gasteiger partial charge in [0.15, 0.2) is 5.78 Å². The monoisotopic (exact) mass is 450 g/mol. The molecule has 3 N–H and O–H groups in total. The summed E-state index contributed by atoms with van der Waals surface area (Å²) < 4.78 is 0. The molecule has 2 aromatic carbocycles. The lowest BCUT2D eigenvalue weighted by atomic mass is 9.96. The number of Topliss-reactive ketones (excluding diaryl/α,β-unsaturated/α-hetero) is 1. The lowest BCUT2D eigenvalue weighted by Crippen LogP contribution is -2.39. The van der Waals surface area contributed by atoms with Gasteiger partial charge in [-0.05, 0) is 72.7 Å². The molecule has 1 saturated heterocycles. The molecule has 3 atom stereocenters. The van der Waals surface area contributed by atoms with E-state index < -0.39 is 24.6 Å². The number of hydrogen-bond acceptors (Lipinski definition) is 6. The lowest BCUT2D eigenvalue weighted by Gasteiger charge is -2.37. The Labute approximate surface area is 195 Å². The first-order chi connectivity index (χ1) is 16.0. The van der Waals surface area contributed by atoms with Gasteiger partial charge in [-0.3, -0.25) is 4.79 Å². The third kappa shape index (κ3) is 6.42. The Hall–Kier alpha value is -2.72. The SMILES string of the molecule is CCCC1CCCCN1c1ccc2cc(/C=C(\C#N)C(=O)CCC(O)C(O)CO)ccc2c1. The number of nitriles is 1. The highest BCUT2D eigenvalue weighted by molar-refractivity contribution is 6.03. The number of carbonyl (C=O) groups excluding carboxylic acids is 1. The average Bonchev–Trinajstić information content (AvgIpc) is 2.85. The minimum absolute atomic E-state index is 0.00684. The number of fused-ring (bicyclic) bond motifs is 1. The van der Waals surface area contributed by atoms with Crippen molar-refractivity contribution in [2.75, 3.05) is 18.1 Å². The highest BCUT2D eigenvalue weighted by Gasteiger charge is 2.22. The molecule has 0 aromatic heterocycles. The van der Waals surface area contributed by atoms with Crippen molar-refractivity contribution in [2.24, 2.45) is 0 Å². The topological polar surface area (TPSA) is 105 Å². The summed E-state index contributed by atoms with van der Waals surface area (Å²) in [7, 11) is 0. The van der Waals surface area contributed by atoms with E-state index in [0.29, 0.717) is 6.04 Å². The first-order valence-electron chi connectivity index (χ1n) is 11.9. The number of benzene rings is 2. The number of carbonyl (C=O) groups is 1. The van der Waals surface area contributed by atoms with Crippen molar-refractivity contribution in [3.8, 4) is 6.07 Å². The number of aliphatic hydroxyl groups excluding tert-OH is 3. The van der Waals surface area contributed by atoms with Crippen LogP contribution in [0.2, 0.25) is 0 Å². The van der Waals surface area contributed by atoms with Gasteiger partial charge in [0.25, 0.3) is 0 Å². The summed E-state index contributed by atoms with van der Waals surface area (Å²) in [4.78, 5) is 14.9. The van der Waals surface area contributed by atoms with Gasteiger partial charge >= 0.3 is 0 Å². The van der Waals surface area contributed by atoms with E-state index in [1.165, 1.54) is 37.8 Å². The average molecular weight is 451 g/mol. The maximum absolute atomic E-state index is 12.4. The van der Waals surface area contributed by atoms with Crippen LogP contribution in [0.3, 0.4) is 0 Å². The van der Waals surface area contributed by atoms with E-state index in [2.05, 4.69) is 30.0 Å². The molecule has 0 aliphatic carbocycles. The molecule has 3 rings (SSSR count). The number of aliphatic hydroxyl groups is 3. The van der Waals surface area contributed by atoms with Crippen molar-refractivity contribution in [2.45, 2.75) is 70.1 Å². The standard InChI is InChI=1S/C27H34N2O4/c1-2-5-23-6-3-4-13-29(23)24-10-9-20-14-19(7-8-21(20)16-24)15-22(17-28)25(31)11-12-26(32)27(33)18-30/h7-10,14-16,23,26-27,30,32-33H,2-6,11-13,18H2,1H3/b22-15+. The van der Waals surface area contributed by atoms with Crippen LogP contribution in [-0.4, -0.2) is 52.5 Å². The summed E-state index contributed by atoms with van der Waals surface area (Å²) in [5.41, 5.74) is 2.02. The van der Waals surface area contributed by atoms with Crippen molar-refractivity contribution in [1.29, 1.82) is 5.26 Å². The van der Waals surface area contributed by atoms with Gasteiger partial charge in [0.2, 0.25) is 0 Å². The van der Waals surface area contributed by atoms with Gasteiger partial charge in [0.05, 0.1) is 18.3 Å². The largest absolute Gasteiger partial charge is 0.394 e. The second-order valence-electron chi connectivity index (χ2n) is 8.87. The molecule has 1 heterocycles. The first kappa shape index (κ1) is 24.9. The molecule has 176 valence electrons. The third-order valence-electron chi connectivity index (χ3n) is 6.46. The molecule has 0 amide bonds. The molecule has 2 aromatic rings. The van der Waals surface area contributed by atoms with E-state index in [1.54, 1.807) is 6.08 Å². The number of anilines is 1. The van der Waals surface area contributed by atoms with Crippen molar-refractivity contribution in [3.63, 3.8) is 0 Å². The lowest BCUT2D eigenvalue weighted by molar-refractivity contribution is -0.116. The Morgan fingerprint density at radius 3 is 2.67 bits per heavy atom. The minimum Gasteiger partial charge on any atom is -0.394 e. The van der Waals surface area contributed by atoms with Gasteiger partial charge in [-0.2, -0.15) is 5.26 Å². The van der Waals surface area contributed by atoms with Crippen molar-refractivity contribution in [3.05, 3.63) is 47.5 Å². The van der Waals surface area contributed by atoms with Crippen LogP contribution in [0.5, 0.6) is 0 Å². The summed E-state index contributed by atoms with van der Waals surface area (Å²) >= 11 is 0. The fourth-order valence-corrected chi connectivity index (χ4v) is 4.56. The smallest absolute Gasteiger partial charge is 0.173 e. The molecule has 33 heavy (non-hydrogen) atoms. The van der Waals surface area contributed by atoms with Gasteiger partial charge in [-0.25, -0.2) is 0 Å². The van der Waals surface area contributed by atoms with Crippen LogP contribution in [0.1, 0.15) is 57.4 Å². The van der Waals surface area contributed by atoms with Crippen LogP contribution in [0.4, 0.5) is 5.69 Å². The molecule has 1 fully saturated rings. The predicted octanol–water partition coefficient (Wildman–Crippen LogP) is 3.97. The summed E-state index contributed by atoms with van der Waals surface area (Å²) in [6, 6.07) is 14.9. The zero-order valence-electron chi connectivity index (χ0n) is 19.3. The van der Waals surface area contributed by atoms with Crippen molar-refractivity contribution >= 4 is 28.3 Å². The van der Waals surface area contributed by atoms with Crippen LogP contribution in [-0.2, 0) is 4.79 Å². The molecular formula is C27H34N2O4. The molecule has 0 radical (unpaired) electrons. The number of nitrogens with zero attached hydrogens (tertiary/aromatic N) is 2. The van der Waals surface area contributed by atoms with Crippen LogP contribution in [0, 0.1) is 11.3 Å². The van der Waals surface area contributed by atoms with Crippen LogP contribution < -0.4 is 4.90 Å². The Morgan fingerprint density at radius 2 is 1.94 bits per heavy atom. The summed E-state index contributed by atoms with van der Waals surface area (Å²) in [5.74, 6) is -0.399. The molecule has 3 unspecified atom stereocenters. The minimum atomic E-state index is -1.29. The van der Waals surface area contributed by atoms with Gasteiger partial charge in [0.1, 0.15) is 12.2 Å². The molecule has 0 bridgehead atoms. The van der Waals surface area contributed by atoms with Crippen LogP contribution in [0.15, 0.2) is 42.0 Å². The Morgan fingerprint density at radius 1 is 1.18 bits per heavy atom. The second kappa shape index (κ2) is 11.9. The molecule has 6 nitrogen and oxygen atoms in total. The highest BCUT2D eigenvalue weighted by atomic mass is 16.4. The number of allylic oxidation sites excluding steroid dienone is 1. The van der Waals surface area contributed by atoms with E-state index in [1.807, 2.05) is 24.3 Å². The van der Waals surface area contributed by atoms with Crippen LogP contribution >= 0.6 is 0 Å². The van der Waals surface area contributed by atoms with E-state index in [4.69, 9.17) is 5.11 Å². The Kier molecular flexibility index (Phi) is 9.02. The fourth-order valence-electron chi connectivity index (χ4n) is 4.56. The van der Waals surface area contributed by atoms with Gasteiger partial charge in [-0.15, -0.1) is 0 Å². The third-order valence-corrected chi connectivity index (χ3v) is 6.46. The quantitative estimate of drug-likeness (QED) is 0.374. The van der Waals surface area contributed by atoms with E-state index in [9.17, 15) is 20.3 Å². The summed E-state index contributed by atoms with van der Waals surface area (Å²) in [6.45, 7) is 2.75. The van der Waals surface area contributed by atoms with Gasteiger partial charge in [-0.1, -0.05) is 31.5 Å². The number of hydrogen-bond donors (Lipinski definition) is 3. The molecule has 0 saturated carbocycles. The summed E-state index contributed by atoms with van der Waals surface area (Å²) in [6.07, 6.45) is 5.13. The highest BCUT2D eigenvalue weighted by Crippen LogP contribution is 2.30. The number of piperidine rings is 1. The molecular weight excluding hydrogens is 416 g/mol. The van der Waals surface area contributed by atoms with E-state index in [0.717, 1.165) is 22.9 Å². The molecule has 6 heteroatoms. The normalized spacial score (nSPS) is 18.7. The Bertz CT molecular complexity index is 1020. The predicted molar refractivity (Wildman–Crippen MR) is 131 cm³/mol. The number of rotatable bonds is 10. The maximum Gasteiger partial charge on any atom is 0.173 e. The van der Waals surface area contributed by atoms with Gasteiger partial charge in [0, 0.05) is 24.7 Å². The zero-order chi connectivity index (χ0) is 23.8. The zero-order valence-corrected chi connectivity index (χ0v) is 19.3. The van der Waals surface area contributed by atoms with Crippen molar-refractivity contribution < 1.29 is 20.1 Å². The Balaban J connectivity index is 1.76. The van der Waals surface area contributed by atoms with Crippen LogP contribution in [0.25, 0.3) is 16.8 Å². The fraction of sp³-hybridized carbons (Fsp3) is 0.481. The van der Waals surface area contributed by atoms with Gasteiger partial charge < -0.3 is 20.2 Å². The van der Waals surface area contributed by atoms with E-state index in [-0.39, 0.29) is 18.4 Å². The summed E-state index contributed by atoms with van der Waals surface area (Å²) in [5, 5.41) is 39.6. The van der Waals surface area contributed by atoms with Crippen molar-refractivity contribution in [1.82, 2.24) is 0 Å². The molecule has 1 aliphatic heterocycles. The number of ketones is 1.